The summed E-state index contributed by atoms with van der Waals surface area (Å²) in [6.45, 7) is 16.0. The molecule has 0 aromatic carbocycles. The first kappa shape index (κ1) is 32.5. The van der Waals surface area contributed by atoms with Crippen molar-refractivity contribution in [2.75, 3.05) is 7.11 Å². The summed E-state index contributed by atoms with van der Waals surface area (Å²) >= 11 is 5.52. The Bertz CT molecular complexity index is 898. The molecule has 37 heavy (non-hydrogen) atoms. The summed E-state index contributed by atoms with van der Waals surface area (Å²) in [4.78, 5) is 14.0. The monoisotopic (exact) mass is 612 g/mol. The fourth-order valence-corrected chi connectivity index (χ4v) is 7.73. The van der Waals surface area contributed by atoms with Crippen LogP contribution in [0.4, 0.5) is 0 Å². The summed E-state index contributed by atoms with van der Waals surface area (Å²) in [6.07, 6.45) is 14.5. The van der Waals surface area contributed by atoms with Crippen LogP contribution in [0.3, 0.4) is 0 Å². The number of methoxy groups -OCH3 is 1. The van der Waals surface area contributed by atoms with E-state index in [0.717, 1.165) is 38.5 Å². The molecular formula is C30H49BrO4SSi. The highest BCUT2D eigenvalue weighted by Crippen LogP contribution is 2.41. The molecule has 210 valence electrons. The molecule has 2 rings (SSSR count). The number of allylic oxidation sites excluding steroid dienone is 3. The van der Waals surface area contributed by atoms with Gasteiger partial charge in [-0.15, -0.1) is 11.3 Å². The number of hydrogen-bond donors (Lipinski definition) is 1. The highest BCUT2D eigenvalue weighted by Gasteiger charge is 2.40. The van der Waals surface area contributed by atoms with E-state index in [9.17, 15) is 9.90 Å². The number of aryl methyl sites for hydroxylation is 2. The Hall–Kier alpha value is -0.733. The Labute approximate surface area is 239 Å². The predicted molar refractivity (Wildman–Crippen MR) is 163 cm³/mol. The molecule has 0 radical (unpaired) electrons. The Morgan fingerprint density at radius 1 is 1.32 bits per heavy atom. The lowest BCUT2D eigenvalue weighted by molar-refractivity contribution is -0.140. The van der Waals surface area contributed by atoms with Crippen molar-refractivity contribution in [2.45, 2.75) is 110 Å². The molecule has 1 N–H and O–H groups in total. The molecule has 2 unspecified atom stereocenters. The van der Waals surface area contributed by atoms with E-state index in [0.29, 0.717) is 18.3 Å². The Morgan fingerprint density at radius 3 is 2.62 bits per heavy atom. The second-order valence-corrected chi connectivity index (χ2v) is 19.1. The average molecular weight is 614 g/mol. The molecule has 1 aromatic heterocycles. The smallest absolute Gasteiger partial charge is 0.305 e. The van der Waals surface area contributed by atoms with Crippen LogP contribution in [-0.2, 0) is 20.4 Å². The summed E-state index contributed by atoms with van der Waals surface area (Å²) in [5.74, 6) is 0.828. The average Bonchev–Trinajstić information content (AvgIpc) is 3.27. The molecule has 1 saturated carbocycles. The number of aliphatic hydroxyl groups excluding tert-OH is 1. The topological polar surface area (TPSA) is 55.8 Å². The van der Waals surface area contributed by atoms with E-state index in [1.807, 2.05) is 11.3 Å². The van der Waals surface area contributed by atoms with E-state index < -0.39 is 8.32 Å². The zero-order valence-corrected chi connectivity index (χ0v) is 27.6. The highest BCUT2D eigenvalue weighted by molar-refractivity contribution is 9.10. The Kier molecular flexibility index (Phi) is 12.8. The highest BCUT2D eigenvalue weighted by atomic mass is 79.9. The van der Waals surface area contributed by atoms with Crippen molar-refractivity contribution >= 4 is 41.6 Å². The van der Waals surface area contributed by atoms with Gasteiger partial charge in [-0.1, -0.05) is 52.0 Å². The largest absolute Gasteiger partial charge is 0.469 e. The molecular weight excluding hydrogens is 564 g/mol. The van der Waals surface area contributed by atoms with Crippen molar-refractivity contribution in [3.05, 3.63) is 44.6 Å². The SMILES string of the molecule is COC(=O)CCC/C=C\C[C@H]1C(O)CC(C)[C@@H]1/C=C/[C@H](CCc1cc(Br)c(C)s1)O[Si](C)(C)C(C)(C)C. The maximum atomic E-state index is 11.3. The van der Waals surface area contributed by atoms with Gasteiger partial charge in [-0.25, -0.2) is 0 Å². The molecule has 0 spiro atoms. The summed E-state index contributed by atoms with van der Waals surface area (Å²) in [5.41, 5.74) is 0. The summed E-state index contributed by atoms with van der Waals surface area (Å²) in [7, 11) is -0.502. The maximum Gasteiger partial charge on any atom is 0.305 e. The number of esters is 1. The van der Waals surface area contributed by atoms with Crippen LogP contribution in [0.2, 0.25) is 18.1 Å². The number of ether oxygens (including phenoxy) is 1. The maximum absolute atomic E-state index is 11.3. The van der Waals surface area contributed by atoms with E-state index in [4.69, 9.17) is 9.16 Å². The van der Waals surface area contributed by atoms with Crippen molar-refractivity contribution in [1.82, 2.24) is 0 Å². The van der Waals surface area contributed by atoms with Gasteiger partial charge in [-0.2, -0.15) is 0 Å². The van der Waals surface area contributed by atoms with Gasteiger partial charge in [0.15, 0.2) is 8.32 Å². The minimum atomic E-state index is -1.93. The quantitative estimate of drug-likeness (QED) is 0.105. The third-order valence-corrected chi connectivity index (χ3v) is 14.9. The molecule has 1 fully saturated rings. The van der Waals surface area contributed by atoms with Crippen molar-refractivity contribution in [1.29, 1.82) is 0 Å². The van der Waals surface area contributed by atoms with Crippen molar-refractivity contribution in [2.24, 2.45) is 17.8 Å². The van der Waals surface area contributed by atoms with Crippen LogP contribution < -0.4 is 0 Å². The second-order valence-electron chi connectivity index (χ2n) is 12.2. The molecule has 1 aliphatic rings. The molecule has 5 atom stereocenters. The summed E-state index contributed by atoms with van der Waals surface area (Å²) in [5, 5.41) is 11.0. The first-order chi connectivity index (χ1) is 17.2. The Morgan fingerprint density at radius 2 is 2.03 bits per heavy atom. The minimum absolute atomic E-state index is 0.0709. The van der Waals surface area contributed by atoms with Crippen LogP contribution in [-0.4, -0.2) is 38.7 Å². The molecule has 1 aliphatic carbocycles. The van der Waals surface area contributed by atoms with E-state index >= 15 is 0 Å². The van der Waals surface area contributed by atoms with Gasteiger partial charge in [0.05, 0.1) is 19.3 Å². The van der Waals surface area contributed by atoms with E-state index in [1.54, 1.807) is 0 Å². The van der Waals surface area contributed by atoms with Crippen LogP contribution in [0, 0.1) is 24.7 Å². The number of hydrogen-bond acceptors (Lipinski definition) is 5. The third kappa shape index (κ3) is 10.1. The number of unbranched alkanes of at least 4 members (excludes halogenated alkanes) is 1. The standard InChI is InChI=1S/C30H49BrO4SSi/c1-21-19-28(32)26(13-11-9-10-12-14-29(33)34-6)25(21)18-16-23(35-37(7,8)30(3,4)5)15-17-24-20-27(31)22(2)36-24/h9,11,16,18,20-21,23,25-26,28,32H,10,12-15,17,19H2,1-8H3/b11-9-,18-16+/t21?,23-,25-,26+,28?/m0/s1. The van der Waals surface area contributed by atoms with Crippen molar-refractivity contribution in [3.63, 3.8) is 0 Å². The second kappa shape index (κ2) is 14.6. The lowest BCUT2D eigenvalue weighted by Gasteiger charge is -2.39. The molecule has 1 heterocycles. The van der Waals surface area contributed by atoms with Gasteiger partial charge in [0, 0.05) is 20.6 Å². The zero-order chi connectivity index (χ0) is 27.8. The van der Waals surface area contributed by atoms with Crippen LogP contribution in [0.25, 0.3) is 0 Å². The molecule has 0 aliphatic heterocycles. The van der Waals surface area contributed by atoms with Gasteiger partial charge in [-0.3, -0.25) is 4.79 Å². The molecule has 7 heteroatoms. The van der Waals surface area contributed by atoms with Crippen LogP contribution >= 0.6 is 27.3 Å². The molecule has 0 amide bonds. The normalized spacial score (nSPS) is 23.8. The van der Waals surface area contributed by atoms with E-state index in [2.05, 4.69) is 94.0 Å². The van der Waals surface area contributed by atoms with Gasteiger partial charge in [0.25, 0.3) is 0 Å². The van der Waals surface area contributed by atoms with Crippen LogP contribution in [0.5, 0.6) is 0 Å². The number of thiophene rings is 1. The predicted octanol–water partition coefficient (Wildman–Crippen LogP) is 8.62. The third-order valence-electron chi connectivity index (χ3n) is 8.20. The molecule has 4 nitrogen and oxygen atoms in total. The fraction of sp³-hybridized carbons (Fsp3) is 0.700. The molecule has 1 aromatic rings. The Balaban J connectivity index is 2.09. The van der Waals surface area contributed by atoms with Crippen LogP contribution in [0.15, 0.2) is 34.8 Å². The first-order valence-electron chi connectivity index (χ1n) is 13.8. The van der Waals surface area contributed by atoms with Crippen molar-refractivity contribution in [3.8, 4) is 0 Å². The van der Waals surface area contributed by atoms with Crippen molar-refractivity contribution < 1.29 is 19.1 Å². The van der Waals surface area contributed by atoms with Crippen LogP contribution in [0.1, 0.15) is 76.0 Å². The van der Waals surface area contributed by atoms with Gasteiger partial charge in [0.1, 0.15) is 0 Å². The van der Waals surface area contributed by atoms with Gasteiger partial charge in [0.2, 0.25) is 0 Å². The minimum Gasteiger partial charge on any atom is -0.469 e. The number of halogens is 1. The number of carbonyl (C=O) groups excluding carboxylic acids is 1. The molecule has 0 saturated heterocycles. The summed E-state index contributed by atoms with van der Waals surface area (Å²) < 4.78 is 12.8. The van der Waals surface area contributed by atoms with Gasteiger partial charge >= 0.3 is 5.97 Å². The first-order valence-corrected chi connectivity index (χ1v) is 18.3. The summed E-state index contributed by atoms with van der Waals surface area (Å²) in [6, 6.07) is 2.25. The molecule has 0 bridgehead atoms. The van der Waals surface area contributed by atoms with Gasteiger partial charge in [-0.05, 0) is 103 Å². The number of rotatable bonds is 13. The van der Waals surface area contributed by atoms with Gasteiger partial charge < -0.3 is 14.3 Å². The zero-order valence-electron chi connectivity index (χ0n) is 24.2. The lowest BCUT2D eigenvalue weighted by atomic mass is 9.86. The van der Waals surface area contributed by atoms with E-state index in [-0.39, 0.29) is 29.1 Å². The number of carbonyl (C=O) groups is 1. The lowest BCUT2D eigenvalue weighted by Crippen LogP contribution is -2.43. The fourth-order valence-electron chi connectivity index (χ4n) is 4.80. The number of aliphatic hydroxyl groups is 1. The van der Waals surface area contributed by atoms with E-state index in [1.165, 1.54) is 21.3 Å².